The molecular formula is C17H25N3O2. The van der Waals surface area contributed by atoms with Gasteiger partial charge in [0.1, 0.15) is 17.3 Å². The van der Waals surface area contributed by atoms with Crippen LogP contribution in [0, 0.1) is 6.92 Å². The molecule has 2 aromatic rings. The third-order valence-corrected chi connectivity index (χ3v) is 3.68. The molecule has 22 heavy (non-hydrogen) atoms. The first kappa shape index (κ1) is 16.2. The molecule has 0 unspecified atom stereocenters. The normalized spacial score (nSPS) is 10.5. The van der Waals surface area contributed by atoms with Gasteiger partial charge in [-0.3, -0.25) is 4.68 Å². The SMILES string of the molecule is CCCCn1nc(NCc2c(OC)cccc2OC)cc1C. The number of rotatable bonds is 8. The first-order valence-corrected chi connectivity index (χ1v) is 7.67. The fourth-order valence-electron chi connectivity index (χ4n) is 2.41. The van der Waals surface area contributed by atoms with Gasteiger partial charge >= 0.3 is 0 Å². The average Bonchev–Trinajstić information content (AvgIpc) is 2.90. The highest BCUT2D eigenvalue weighted by Gasteiger charge is 2.11. The van der Waals surface area contributed by atoms with Gasteiger partial charge in [-0.2, -0.15) is 5.10 Å². The van der Waals surface area contributed by atoms with Crippen molar-refractivity contribution in [2.75, 3.05) is 19.5 Å². The molecule has 1 aromatic carbocycles. The van der Waals surface area contributed by atoms with Crippen molar-refractivity contribution < 1.29 is 9.47 Å². The molecule has 0 aliphatic carbocycles. The minimum absolute atomic E-state index is 0.609. The summed E-state index contributed by atoms with van der Waals surface area (Å²) >= 11 is 0. The van der Waals surface area contributed by atoms with Crippen LogP contribution >= 0.6 is 0 Å². The zero-order valence-electron chi connectivity index (χ0n) is 13.8. The predicted octanol–water partition coefficient (Wildman–Crippen LogP) is 3.62. The van der Waals surface area contributed by atoms with Crippen molar-refractivity contribution in [1.29, 1.82) is 0 Å². The van der Waals surface area contributed by atoms with E-state index in [0.29, 0.717) is 6.54 Å². The topological polar surface area (TPSA) is 48.3 Å². The van der Waals surface area contributed by atoms with Gasteiger partial charge in [0.2, 0.25) is 0 Å². The third kappa shape index (κ3) is 3.72. The Morgan fingerprint density at radius 2 is 1.86 bits per heavy atom. The highest BCUT2D eigenvalue weighted by Crippen LogP contribution is 2.28. The molecule has 0 saturated carbocycles. The molecular weight excluding hydrogens is 278 g/mol. The van der Waals surface area contributed by atoms with Gasteiger partial charge in [0.15, 0.2) is 0 Å². The molecule has 1 heterocycles. The number of methoxy groups -OCH3 is 2. The molecule has 0 aliphatic heterocycles. The molecule has 0 aliphatic rings. The molecule has 1 aromatic heterocycles. The van der Waals surface area contributed by atoms with Crippen LogP contribution in [0.4, 0.5) is 5.82 Å². The molecule has 0 fully saturated rings. The predicted molar refractivity (Wildman–Crippen MR) is 88.7 cm³/mol. The van der Waals surface area contributed by atoms with E-state index in [1.165, 1.54) is 12.1 Å². The maximum atomic E-state index is 5.41. The smallest absolute Gasteiger partial charge is 0.148 e. The van der Waals surface area contributed by atoms with Crippen molar-refractivity contribution in [1.82, 2.24) is 9.78 Å². The minimum Gasteiger partial charge on any atom is -0.496 e. The molecule has 2 rings (SSSR count). The van der Waals surface area contributed by atoms with Gasteiger partial charge in [-0.15, -0.1) is 0 Å². The van der Waals surface area contributed by atoms with E-state index in [1.807, 2.05) is 22.9 Å². The number of hydrogen-bond donors (Lipinski definition) is 1. The zero-order chi connectivity index (χ0) is 15.9. The van der Waals surface area contributed by atoms with Gasteiger partial charge < -0.3 is 14.8 Å². The van der Waals surface area contributed by atoms with Crippen LogP contribution in [0.15, 0.2) is 24.3 Å². The lowest BCUT2D eigenvalue weighted by Crippen LogP contribution is -2.06. The fraction of sp³-hybridized carbons (Fsp3) is 0.471. The summed E-state index contributed by atoms with van der Waals surface area (Å²) in [6, 6.07) is 7.86. The standard InChI is InChI=1S/C17H25N3O2/c1-5-6-10-20-13(2)11-17(19-20)18-12-14-15(21-3)8-7-9-16(14)22-4/h7-9,11H,5-6,10,12H2,1-4H3,(H,18,19). The Bertz CT molecular complexity index is 586. The van der Waals surface area contributed by atoms with Crippen molar-refractivity contribution in [3.8, 4) is 11.5 Å². The van der Waals surface area contributed by atoms with E-state index in [-0.39, 0.29) is 0 Å². The molecule has 0 spiro atoms. The summed E-state index contributed by atoms with van der Waals surface area (Å²) < 4.78 is 12.9. The van der Waals surface area contributed by atoms with Gasteiger partial charge in [-0.05, 0) is 25.5 Å². The molecule has 0 radical (unpaired) electrons. The van der Waals surface area contributed by atoms with Crippen LogP contribution in [0.2, 0.25) is 0 Å². The van der Waals surface area contributed by atoms with Gasteiger partial charge in [0, 0.05) is 24.8 Å². The largest absolute Gasteiger partial charge is 0.496 e. The number of aryl methyl sites for hydroxylation is 2. The summed E-state index contributed by atoms with van der Waals surface area (Å²) in [5.41, 5.74) is 2.16. The van der Waals surface area contributed by atoms with Gasteiger partial charge in [0.25, 0.3) is 0 Å². The fourth-order valence-corrected chi connectivity index (χ4v) is 2.41. The Morgan fingerprint density at radius 3 is 2.45 bits per heavy atom. The van der Waals surface area contributed by atoms with E-state index in [2.05, 4.69) is 30.3 Å². The Labute approximate surface area is 132 Å². The molecule has 0 saturated heterocycles. The summed E-state index contributed by atoms with van der Waals surface area (Å²) in [5.74, 6) is 2.50. The Kier molecular flexibility index (Phi) is 5.69. The number of hydrogen-bond acceptors (Lipinski definition) is 4. The summed E-state index contributed by atoms with van der Waals surface area (Å²) in [4.78, 5) is 0. The maximum absolute atomic E-state index is 5.41. The number of anilines is 1. The van der Waals surface area contributed by atoms with Crippen LogP contribution in [-0.2, 0) is 13.1 Å². The second-order valence-corrected chi connectivity index (χ2v) is 5.24. The van der Waals surface area contributed by atoms with Gasteiger partial charge in [-0.25, -0.2) is 0 Å². The van der Waals surface area contributed by atoms with Gasteiger partial charge in [0.05, 0.1) is 19.8 Å². The Morgan fingerprint density at radius 1 is 1.18 bits per heavy atom. The van der Waals surface area contributed by atoms with Crippen LogP contribution in [0.5, 0.6) is 11.5 Å². The first-order chi connectivity index (χ1) is 10.7. The molecule has 5 nitrogen and oxygen atoms in total. The maximum Gasteiger partial charge on any atom is 0.148 e. The molecule has 0 amide bonds. The molecule has 0 atom stereocenters. The zero-order valence-corrected chi connectivity index (χ0v) is 13.8. The summed E-state index contributed by atoms with van der Waals surface area (Å²) in [6.07, 6.45) is 2.31. The number of aromatic nitrogens is 2. The lowest BCUT2D eigenvalue weighted by atomic mass is 10.1. The third-order valence-electron chi connectivity index (χ3n) is 3.68. The van der Waals surface area contributed by atoms with E-state index < -0.39 is 0 Å². The van der Waals surface area contributed by atoms with Crippen LogP contribution < -0.4 is 14.8 Å². The van der Waals surface area contributed by atoms with Crippen LogP contribution in [0.25, 0.3) is 0 Å². The number of nitrogens with zero attached hydrogens (tertiary/aromatic N) is 2. The molecule has 0 bridgehead atoms. The quantitative estimate of drug-likeness (QED) is 0.809. The van der Waals surface area contributed by atoms with Crippen molar-refractivity contribution in [2.24, 2.45) is 0 Å². The Hall–Kier alpha value is -2.17. The minimum atomic E-state index is 0.609. The summed E-state index contributed by atoms with van der Waals surface area (Å²) in [5, 5.41) is 7.95. The second-order valence-electron chi connectivity index (χ2n) is 5.24. The van der Waals surface area contributed by atoms with Crippen LogP contribution in [-0.4, -0.2) is 24.0 Å². The molecule has 1 N–H and O–H groups in total. The molecule has 120 valence electrons. The van der Waals surface area contributed by atoms with E-state index in [9.17, 15) is 0 Å². The van der Waals surface area contributed by atoms with Crippen molar-refractivity contribution in [2.45, 2.75) is 39.8 Å². The van der Waals surface area contributed by atoms with Crippen LogP contribution in [0.1, 0.15) is 31.0 Å². The number of unbranched alkanes of at least 4 members (excludes halogenated alkanes) is 1. The van der Waals surface area contributed by atoms with Crippen molar-refractivity contribution in [3.05, 3.63) is 35.5 Å². The van der Waals surface area contributed by atoms with Crippen molar-refractivity contribution >= 4 is 5.82 Å². The first-order valence-electron chi connectivity index (χ1n) is 7.67. The Balaban J connectivity index is 2.10. The van der Waals surface area contributed by atoms with E-state index >= 15 is 0 Å². The number of ether oxygens (including phenoxy) is 2. The highest BCUT2D eigenvalue weighted by atomic mass is 16.5. The number of nitrogens with one attached hydrogen (secondary N) is 1. The molecule has 5 heteroatoms. The lowest BCUT2D eigenvalue weighted by molar-refractivity contribution is 0.386. The number of benzene rings is 1. The monoisotopic (exact) mass is 303 g/mol. The van der Waals surface area contributed by atoms with E-state index in [4.69, 9.17) is 9.47 Å². The van der Waals surface area contributed by atoms with E-state index in [0.717, 1.165) is 35.8 Å². The summed E-state index contributed by atoms with van der Waals surface area (Å²) in [6.45, 7) is 5.84. The average molecular weight is 303 g/mol. The van der Waals surface area contributed by atoms with Gasteiger partial charge in [-0.1, -0.05) is 19.4 Å². The van der Waals surface area contributed by atoms with Crippen LogP contribution in [0.3, 0.4) is 0 Å². The van der Waals surface area contributed by atoms with Crippen molar-refractivity contribution in [3.63, 3.8) is 0 Å². The highest BCUT2D eigenvalue weighted by molar-refractivity contribution is 5.47. The second kappa shape index (κ2) is 7.73. The summed E-state index contributed by atoms with van der Waals surface area (Å²) in [7, 11) is 3.34. The lowest BCUT2D eigenvalue weighted by Gasteiger charge is -2.13. The van der Waals surface area contributed by atoms with E-state index in [1.54, 1.807) is 14.2 Å².